The molecule has 0 radical (unpaired) electrons. The van der Waals surface area contributed by atoms with Gasteiger partial charge in [-0.1, -0.05) is 0 Å². The summed E-state index contributed by atoms with van der Waals surface area (Å²) in [6, 6.07) is 5.39. The van der Waals surface area contributed by atoms with Gasteiger partial charge in [-0.3, -0.25) is 14.7 Å². The Morgan fingerprint density at radius 2 is 2.22 bits per heavy atom. The number of likely N-dealkylation sites (tertiary alicyclic amines) is 1. The molecular formula is C18H26ClN5O3. The number of aromatic nitrogens is 2. The molecule has 148 valence electrons. The van der Waals surface area contributed by atoms with Crippen LogP contribution in [0.5, 0.6) is 0 Å². The van der Waals surface area contributed by atoms with Crippen molar-refractivity contribution in [3.05, 3.63) is 29.7 Å². The lowest BCUT2D eigenvalue weighted by Gasteiger charge is -2.35. The van der Waals surface area contributed by atoms with E-state index < -0.39 is 0 Å². The second kappa shape index (κ2) is 9.57. The Kier molecular flexibility index (Phi) is 7.44. The summed E-state index contributed by atoms with van der Waals surface area (Å²) in [5.74, 6) is 1.24. The normalized spacial score (nSPS) is 16.7. The van der Waals surface area contributed by atoms with Crippen molar-refractivity contribution in [2.45, 2.75) is 38.6 Å². The van der Waals surface area contributed by atoms with Crippen LogP contribution in [-0.4, -0.2) is 52.6 Å². The Morgan fingerprint density at radius 1 is 1.41 bits per heavy atom. The van der Waals surface area contributed by atoms with Gasteiger partial charge in [0.25, 0.3) is 5.91 Å². The van der Waals surface area contributed by atoms with E-state index in [2.05, 4.69) is 15.5 Å². The topological polar surface area (TPSA) is 117 Å². The van der Waals surface area contributed by atoms with E-state index in [4.69, 9.17) is 10.2 Å². The number of hydrogen-bond acceptors (Lipinski definition) is 5. The Hall–Kier alpha value is -2.32. The van der Waals surface area contributed by atoms with Crippen LogP contribution in [0.1, 0.15) is 41.9 Å². The number of carbonyl (C=O) groups excluding carboxylic acids is 2. The van der Waals surface area contributed by atoms with E-state index in [-0.39, 0.29) is 30.3 Å². The van der Waals surface area contributed by atoms with Gasteiger partial charge in [0.15, 0.2) is 11.5 Å². The van der Waals surface area contributed by atoms with Gasteiger partial charge in [0.05, 0.1) is 0 Å². The Balaban J connectivity index is 0.00000261. The number of aryl methyl sites for hydroxylation is 1. The highest BCUT2D eigenvalue weighted by molar-refractivity contribution is 5.93. The third-order valence-electron chi connectivity index (χ3n) is 4.60. The number of furan rings is 1. The van der Waals surface area contributed by atoms with Gasteiger partial charge in [-0.05, 0) is 38.3 Å². The first-order chi connectivity index (χ1) is 12.6. The number of piperidine rings is 1. The van der Waals surface area contributed by atoms with Crippen molar-refractivity contribution in [1.82, 2.24) is 20.4 Å². The summed E-state index contributed by atoms with van der Waals surface area (Å²) in [6.45, 7) is 3.29. The average Bonchev–Trinajstić information content (AvgIpc) is 3.29. The molecule has 0 bridgehead atoms. The minimum Gasteiger partial charge on any atom is -0.460 e. The Bertz CT molecular complexity index is 773. The van der Waals surface area contributed by atoms with Gasteiger partial charge in [-0.25, -0.2) is 0 Å². The standard InChI is InChI=1S/C18H25N5O3.ClH/c1-12-5-6-16(26-12)14-10-15(22-21-14)18(25)23-9-3-2-4-13(23)11-20-17(24)7-8-19;/h5-6,10,13H,2-4,7-9,11,19H2,1H3,(H,20,24)(H,21,22);1H. The number of amides is 2. The van der Waals surface area contributed by atoms with Gasteiger partial charge in [0.2, 0.25) is 5.91 Å². The second-order valence-electron chi connectivity index (χ2n) is 6.57. The van der Waals surface area contributed by atoms with E-state index in [9.17, 15) is 9.59 Å². The number of nitrogens with zero attached hydrogens (tertiary/aromatic N) is 2. The maximum Gasteiger partial charge on any atom is 0.274 e. The fraction of sp³-hybridized carbons (Fsp3) is 0.500. The van der Waals surface area contributed by atoms with Gasteiger partial charge in [-0.2, -0.15) is 5.10 Å². The third kappa shape index (κ3) is 5.11. The van der Waals surface area contributed by atoms with Gasteiger partial charge in [0, 0.05) is 38.2 Å². The first-order valence-corrected chi connectivity index (χ1v) is 8.98. The predicted octanol–water partition coefficient (Wildman–Crippen LogP) is 1.86. The van der Waals surface area contributed by atoms with E-state index in [0.717, 1.165) is 25.0 Å². The van der Waals surface area contributed by atoms with Crippen molar-refractivity contribution >= 4 is 24.2 Å². The van der Waals surface area contributed by atoms with Crippen LogP contribution in [0.4, 0.5) is 0 Å². The molecule has 8 nitrogen and oxygen atoms in total. The summed E-state index contributed by atoms with van der Waals surface area (Å²) in [5, 5.41) is 9.89. The molecular weight excluding hydrogens is 370 g/mol. The molecule has 1 fully saturated rings. The minimum atomic E-state index is -0.131. The first kappa shape index (κ1) is 21.0. The van der Waals surface area contributed by atoms with E-state index in [0.29, 0.717) is 43.2 Å². The van der Waals surface area contributed by atoms with Crippen molar-refractivity contribution in [2.75, 3.05) is 19.6 Å². The highest BCUT2D eigenvalue weighted by atomic mass is 35.5. The zero-order valence-electron chi connectivity index (χ0n) is 15.4. The smallest absolute Gasteiger partial charge is 0.274 e. The van der Waals surface area contributed by atoms with Crippen LogP contribution in [0.3, 0.4) is 0 Å². The summed E-state index contributed by atoms with van der Waals surface area (Å²) in [6.07, 6.45) is 3.15. The molecule has 0 aliphatic carbocycles. The molecule has 1 atom stereocenters. The molecule has 1 aliphatic rings. The Morgan fingerprint density at radius 3 is 2.93 bits per heavy atom. The molecule has 1 saturated heterocycles. The van der Waals surface area contributed by atoms with Crippen LogP contribution in [0.2, 0.25) is 0 Å². The quantitative estimate of drug-likeness (QED) is 0.690. The number of carbonyl (C=O) groups is 2. The summed E-state index contributed by atoms with van der Waals surface area (Å²) >= 11 is 0. The SMILES string of the molecule is Cc1ccc(-c2cc(C(=O)N3CCCCC3CNC(=O)CCN)n[nH]2)o1.Cl. The second-order valence-corrected chi connectivity index (χ2v) is 6.57. The molecule has 1 aliphatic heterocycles. The van der Waals surface area contributed by atoms with Crippen LogP contribution in [0, 0.1) is 6.92 Å². The molecule has 3 rings (SSSR count). The van der Waals surface area contributed by atoms with Crippen LogP contribution >= 0.6 is 12.4 Å². The van der Waals surface area contributed by atoms with Crippen LogP contribution in [0.15, 0.2) is 22.6 Å². The van der Waals surface area contributed by atoms with E-state index in [1.54, 1.807) is 11.0 Å². The van der Waals surface area contributed by atoms with E-state index >= 15 is 0 Å². The maximum absolute atomic E-state index is 12.9. The number of aromatic amines is 1. The number of nitrogens with two attached hydrogens (primary N) is 1. The lowest BCUT2D eigenvalue weighted by atomic mass is 10.0. The number of nitrogens with one attached hydrogen (secondary N) is 2. The monoisotopic (exact) mass is 395 g/mol. The van der Waals surface area contributed by atoms with Gasteiger partial charge in [0.1, 0.15) is 11.5 Å². The van der Waals surface area contributed by atoms with Gasteiger partial charge < -0.3 is 20.4 Å². The number of H-pyrrole nitrogens is 1. The zero-order valence-corrected chi connectivity index (χ0v) is 16.2. The van der Waals surface area contributed by atoms with E-state index in [1.165, 1.54) is 0 Å². The zero-order chi connectivity index (χ0) is 18.5. The molecule has 27 heavy (non-hydrogen) atoms. The summed E-state index contributed by atoms with van der Waals surface area (Å²) < 4.78 is 5.56. The number of halogens is 1. The Labute approximate surface area is 164 Å². The fourth-order valence-corrected chi connectivity index (χ4v) is 3.22. The first-order valence-electron chi connectivity index (χ1n) is 8.98. The van der Waals surface area contributed by atoms with Crippen molar-refractivity contribution in [3.63, 3.8) is 0 Å². The molecule has 1 unspecified atom stereocenters. The molecule has 9 heteroatoms. The van der Waals surface area contributed by atoms with Gasteiger partial charge in [-0.15, -0.1) is 12.4 Å². The third-order valence-corrected chi connectivity index (χ3v) is 4.60. The van der Waals surface area contributed by atoms with E-state index in [1.807, 2.05) is 19.1 Å². The molecule has 2 amide bonds. The van der Waals surface area contributed by atoms with Crippen molar-refractivity contribution in [1.29, 1.82) is 0 Å². The molecule has 3 heterocycles. The molecule has 0 spiro atoms. The predicted molar refractivity (Wildman–Crippen MR) is 104 cm³/mol. The maximum atomic E-state index is 12.9. The van der Waals surface area contributed by atoms with Gasteiger partial charge >= 0.3 is 0 Å². The van der Waals surface area contributed by atoms with Crippen LogP contribution in [-0.2, 0) is 4.79 Å². The molecule has 4 N–H and O–H groups in total. The summed E-state index contributed by atoms with van der Waals surface area (Å²) in [7, 11) is 0. The van der Waals surface area contributed by atoms with Crippen LogP contribution < -0.4 is 11.1 Å². The largest absolute Gasteiger partial charge is 0.460 e. The number of hydrogen-bond donors (Lipinski definition) is 3. The average molecular weight is 396 g/mol. The summed E-state index contributed by atoms with van der Waals surface area (Å²) in [5.41, 5.74) is 6.42. The minimum absolute atomic E-state index is 0. The van der Waals surface area contributed by atoms with Crippen molar-refractivity contribution in [2.24, 2.45) is 5.73 Å². The summed E-state index contributed by atoms with van der Waals surface area (Å²) in [4.78, 5) is 26.4. The fourth-order valence-electron chi connectivity index (χ4n) is 3.22. The molecule has 0 saturated carbocycles. The number of rotatable bonds is 6. The molecule has 0 aromatic carbocycles. The molecule has 2 aromatic heterocycles. The van der Waals surface area contributed by atoms with Crippen molar-refractivity contribution < 1.29 is 14.0 Å². The lowest BCUT2D eigenvalue weighted by molar-refractivity contribution is -0.121. The van der Waals surface area contributed by atoms with Crippen LogP contribution in [0.25, 0.3) is 11.5 Å². The highest BCUT2D eigenvalue weighted by Gasteiger charge is 2.29. The van der Waals surface area contributed by atoms with Crippen molar-refractivity contribution in [3.8, 4) is 11.5 Å². The highest BCUT2D eigenvalue weighted by Crippen LogP contribution is 2.23. The molecule has 2 aromatic rings. The lowest BCUT2D eigenvalue weighted by Crippen LogP contribution is -2.49.